The van der Waals surface area contributed by atoms with Gasteiger partial charge in [-0.1, -0.05) is 6.08 Å². The molecule has 0 bridgehead atoms. The largest absolute Gasteiger partial charge is 0.396 e. The predicted molar refractivity (Wildman–Crippen MR) is 26.9 cm³/mol. The molecule has 2 nitrogen and oxygen atoms in total. The second kappa shape index (κ2) is 5.37. The minimum absolute atomic E-state index is 0.115. The van der Waals surface area contributed by atoms with E-state index in [0.29, 0.717) is 12.7 Å². The number of aldehydes is 1. The van der Waals surface area contributed by atoms with Gasteiger partial charge in [-0.05, 0) is 12.5 Å². The predicted octanol–water partition coefficient (Wildman–Crippen LogP) is 0.124. The highest BCUT2D eigenvalue weighted by Crippen LogP contribution is 1.75. The molecule has 0 aliphatic heterocycles. The van der Waals surface area contributed by atoms with Crippen LogP contribution in [0.3, 0.4) is 0 Å². The molecule has 0 aromatic rings. The molecule has 0 saturated heterocycles. The van der Waals surface area contributed by atoms with E-state index in [-0.39, 0.29) is 6.61 Å². The summed E-state index contributed by atoms with van der Waals surface area (Å²) in [7, 11) is 0. The molecule has 0 saturated carbocycles. The van der Waals surface area contributed by atoms with Crippen LogP contribution in [0.15, 0.2) is 12.2 Å². The van der Waals surface area contributed by atoms with Crippen LogP contribution in [-0.2, 0) is 4.79 Å². The zero-order chi connectivity index (χ0) is 5.54. The van der Waals surface area contributed by atoms with Crippen molar-refractivity contribution >= 4 is 6.29 Å². The first-order valence-electron chi connectivity index (χ1n) is 2.13. The van der Waals surface area contributed by atoms with Crippen LogP contribution in [-0.4, -0.2) is 18.0 Å². The van der Waals surface area contributed by atoms with Crippen molar-refractivity contribution in [3.63, 3.8) is 0 Å². The summed E-state index contributed by atoms with van der Waals surface area (Å²) in [5, 5.41) is 8.13. The quantitative estimate of drug-likeness (QED) is 0.404. The summed E-state index contributed by atoms with van der Waals surface area (Å²) < 4.78 is 0. The van der Waals surface area contributed by atoms with Crippen LogP contribution in [0.4, 0.5) is 0 Å². The van der Waals surface area contributed by atoms with E-state index in [2.05, 4.69) is 0 Å². The Bertz CT molecular complexity index is 66.5. The normalized spacial score (nSPS) is 9.86. The molecule has 0 spiro atoms. The van der Waals surface area contributed by atoms with E-state index in [4.69, 9.17) is 5.11 Å². The molecule has 0 unspecified atom stereocenters. The van der Waals surface area contributed by atoms with E-state index >= 15 is 0 Å². The van der Waals surface area contributed by atoms with Crippen LogP contribution in [0, 0.1) is 0 Å². The summed E-state index contributed by atoms with van der Waals surface area (Å²) in [6.07, 6.45) is 4.25. The first-order valence-corrected chi connectivity index (χ1v) is 2.13. The molecule has 1 N–H and O–H groups in total. The molecule has 0 aliphatic carbocycles. The molecule has 0 amide bonds. The molecule has 2 heteroatoms. The Morgan fingerprint density at radius 2 is 2.29 bits per heavy atom. The van der Waals surface area contributed by atoms with Gasteiger partial charge in [0.1, 0.15) is 6.29 Å². The molecule has 0 fully saturated rings. The highest BCUT2D eigenvalue weighted by molar-refractivity contribution is 5.64. The number of rotatable bonds is 3. The Balaban J connectivity index is 2.92. The van der Waals surface area contributed by atoms with Gasteiger partial charge in [-0.2, -0.15) is 0 Å². The number of hydrogen-bond acceptors (Lipinski definition) is 2. The van der Waals surface area contributed by atoms with Crippen LogP contribution in [0.1, 0.15) is 6.42 Å². The van der Waals surface area contributed by atoms with Gasteiger partial charge < -0.3 is 5.11 Å². The van der Waals surface area contributed by atoms with Gasteiger partial charge in [-0.25, -0.2) is 0 Å². The molecule has 0 atom stereocenters. The van der Waals surface area contributed by atoms with Gasteiger partial charge in [0.2, 0.25) is 0 Å². The minimum atomic E-state index is 0.115. The Kier molecular flexibility index (Phi) is 4.89. The van der Waals surface area contributed by atoms with Crippen LogP contribution in [0.25, 0.3) is 0 Å². The number of allylic oxidation sites excluding steroid dienone is 1. The Morgan fingerprint density at radius 1 is 1.57 bits per heavy atom. The average Bonchev–Trinajstić information content (AvgIpc) is 1.69. The molecule has 7 heavy (non-hydrogen) atoms. The molecule has 0 aromatic carbocycles. The zero-order valence-electron chi connectivity index (χ0n) is 4.00. The van der Waals surface area contributed by atoms with Gasteiger partial charge in [0.05, 0.1) is 0 Å². The molecule has 40 valence electrons. The molecule has 0 aromatic heterocycles. The number of aliphatic hydroxyl groups is 1. The third kappa shape index (κ3) is 5.37. The van der Waals surface area contributed by atoms with Crippen molar-refractivity contribution in [2.24, 2.45) is 0 Å². The van der Waals surface area contributed by atoms with Crippen molar-refractivity contribution in [1.29, 1.82) is 0 Å². The third-order valence-electron chi connectivity index (χ3n) is 0.510. The van der Waals surface area contributed by atoms with E-state index in [1.165, 1.54) is 6.08 Å². The second-order valence-corrected chi connectivity index (χ2v) is 1.08. The Hall–Kier alpha value is -0.630. The van der Waals surface area contributed by atoms with E-state index < -0.39 is 0 Å². The summed E-state index contributed by atoms with van der Waals surface area (Å²) in [6.45, 7) is 0.115. The van der Waals surface area contributed by atoms with Crippen LogP contribution in [0.2, 0.25) is 0 Å². The fraction of sp³-hybridized carbons (Fsp3) is 0.400. The number of aliphatic hydroxyl groups excluding tert-OH is 1. The molecule has 0 radical (unpaired) electrons. The number of hydrogen-bond donors (Lipinski definition) is 1. The van der Waals surface area contributed by atoms with Crippen molar-refractivity contribution in [3.05, 3.63) is 12.2 Å². The summed E-state index contributed by atoms with van der Waals surface area (Å²) in [4.78, 5) is 9.51. The maximum absolute atomic E-state index is 9.51. The van der Waals surface area contributed by atoms with Crippen LogP contribution < -0.4 is 0 Å². The summed E-state index contributed by atoms with van der Waals surface area (Å²) in [6, 6.07) is 0. The van der Waals surface area contributed by atoms with Crippen LogP contribution in [0.5, 0.6) is 0 Å². The summed E-state index contributed by atoms with van der Waals surface area (Å²) in [5.41, 5.74) is 0. The standard InChI is InChI=1S/C5H8O2/c6-4-2-1-3-5-7/h1-2,4,7H,3,5H2/b2-1-. The van der Waals surface area contributed by atoms with Crippen molar-refractivity contribution in [2.45, 2.75) is 6.42 Å². The minimum Gasteiger partial charge on any atom is -0.396 e. The highest BCUT2D eigenvalue weighted by atomic mass is 16.2. The summed E-state index contributed by atoms with van der Waals surface area (Å²) in [5.74, 6) is 0. The van der Waals surface area contributed by atoms with Crippen molar-refractivity contribution in [2.75, 3.05) is 6.61 Å². The lowest BCUT2D eigenvalue weighted by molar-refractivity contribution is -0.104. The van der Waals surface area contributed by atoms with Crippen molar-refractivity contribution in [1.82, 2.24) is 0 Å². The first-order chi connectivity index (χ1) is 3.41. The fourth-order valence-electron chi connectivity index (χ4n) is 0.226. The SMILES string of the molecule is O=C/C=C\CCO. The first kappa shape index (κ1) is 6.37. The molecule has 0 rings (SSSR count). The van der Waals surface area contributed by atoms with Crippen LogP contribution >= 0.6 is 0 Å². The highest BCUT2D eigenvalue weighted by Gasteiger charge is 1.68. The van der Waals surface area contributed by atoms with Gasteiger partial charge in [0.25, 0.3) is 0 Å². The van der Waals surface area contributed by atoms with Gasteiger partial charge >= 0.3 is 0 Å². The second-order valence-electron chi connectivity index (χ2n) is 1.08. The summed E-state index contributed by atoms with van der Waals surface area (Å²) >= 11 is 0. The lowest BCUT2D eigenvalue weighted by Crippen LogP contribution is -1.74. The van der Waals surface area contributed by atoms with E-state index in [1.807, 2.05) is 0 Å². The van der Waals surface area contributed by atoms with E-state index in [9.17, 15) is 4.79 Å². The van der Waals surface area contributed by atoms with Gasteiger partial charge in [-0.15, -0.1) is 0 Å². The average molecular weight is 100 g/mol. The Morgan fingerprint density at radius 3 is 2.71 bits per heavy atom. The van der Waals surface area contributed by atoms with Crippen molar-refractivity contribution in [3.8, 4) is 0 Å². The maximum Gasteiger partial charge on any atom is 0.142 e. The number of carbonyl (C=O) groups is 1. The van der Waals surface area contributed by atoms with Gasteiger partial charge in [0.15, 0.2) is 0 Å². The zero-order valence-corrected chi connectivity index (χ0v) is 4.00. The molecule has 0 aliphatic rings. The third-order valence-corrected chi connectivity index (χ3v) is 0.510. The molecular formula is C5H8O2. The van der Waals surface area contributed by atoms with Crippen molar-refractivity contribution < 1.29 is 9.90 Å². The Labute approximate surface area is 42.5 Å². The van der Waals surface area contributed by atoms with Gasteiger partial charge in [0, 0.05) is 6.61 Å². The lowest BCUT2D eigenvalue weighted by Gasteiger charge is -1.76. The molecule has 0 heterocycles. The van der Waals surface area contributed by atoms with Gasteiger partial charge in [-0.3, -0.25) is 4.79 Å². The van der Waals surface area contributed by atoms with E-state index in [0.717, 1.165) is 0 Å². The topological polar surface area (TPSA) is 37.3 Å². The smallest absolute Gasteiger partial charge is 0.142 e. The fourth-order valence-corrected chi connectivity index (χ4v) is 0.226. The monoisotopic (exact) mass is 100 g/mol. The molecular weight excluding hydrogens is 92.1 g/mol. The van der Waals surface area contributed by atoms with E-state index in [1.54, 1.807) is 6.08 Å². The maximum atomic E-state index is 9.51. The number of carbonyl (C=O) groups excluding carboxylic acids is 1. The lowest BCUT2D eigenvalue weighted by atomic mass is 10.4.